The summed E-state index contributed by atoms with van der Waals surface area (Å²) < 4.78 is 5.15. The van der Waals surface area contributed by atoms with Crippen molar-refractivity contribution >= 4 is 23.2 Å². The number of benzene rings is 1. The third-order valence-electron chi connectivity index (χ3n) is 3.42. The fraction of sp³-hybridized carbons (Fsp3) is 0.462. The van der Waals surface area contributed by atoms with Crippen molar-refractivity contribution in [2.45, 2.75) is 18.4 Å². The predicted molar refractivity (Wildman–Crippen MR) is 75.4 cm³/mol. The van der Waals surface area contributed by atoms with E-state index in [0.717, 1.165) is 0 Å². The van der Waals surface area contributed by atoms with Gasteiger partial charge >= 0.3 is 0 Å². The Labute approximate surface area is 126 Å². The van der Waals surface area contributed by atoms with E-state index in [2.05, 4.69) is 5.32 Å². The highest BCUT2D eigenvalue weighted by molar-refractivity contribution is 6.35. The molecule has 0 aromatic heterocycles. The molecule has 0 bridgehead atoms. The topological polar surface area (TPSA) is 102 Å². The van der Waals surface area contributed by atoms with Gasteiger partial charge in [-0.25, -0.2) is 0 Å². The molecule has 2 N–H and O–H groups in total. The lowest BCUT2D eigenvalue weighted by Gasteiger charge is -2.32. The van der Waals surface area contributed by atoms with Crippen LogP contribution in [0.1, 0.15) is 23.2 Å². The van der Waals surface area contributed by atoms with Crippen molar-refractivity contribution in [3.63, 3.8) is 0 Å². The molecule has 2 rings (SSSR count). The van der Waals surface area contributed by atoms with E-state index in [1.54, 1.807) is 0 Å². The van der Waals surface area contributed by atoms with Crippen molar-refractivity contribution in [3.05, 3.63) is 38.9 Å². The molecule has 0 aliphatic carbocycles. The van der Waals surface area contributed by atoms with Gasteiger partial charge in [-0.3, -0.25) is 14.9 Å². The lowest BCUT2D eigenvalue weighted by atomic mass is 9.94. The smallest absolute Gasteiger partial charge is 0.288 e. The highest BCUT2D eigenvalue weighted by Crippen LogP contribution is 2.28. The number of nitro benzene ring substituents is 1. The Bertz CT molecular complexity index is 557. The van der Waals surface area contributed by atoms with E-state index in [0.29, 0.717) is 26.1 Å². The summed E-state index contributed by atoms with van der Waals surface area (Å²) >= 11 is 5.87. The number of aliphatic hydroxyl groups is 1. The maximum atomic E-state index is 12.1. The Morgan fingerprint density at radius 2 is 2.14 bits per heavy atom. The van der Waals surface area contributed by atoms with Crippen LogP contribution >= 0.6 is 11.6 Å². The highest BCUT2D eigenvalue weighted by Gasteiger charge is 2.30. The molecule has 1 fully saturated rings. The fourth-order valence-corrected chi connectivity index (χ4v) is 2.39. The van der Waals surface area contributed by atoms with Gasteiger partial charge < -0.3 is 15.2 Å². The van der Waals surface area contributed by atoms with Gasteiger partial charge in [0.05, 0.1) is 16.1 Å². The second kappa shape index (κ2) is 6.38. The van der Waals surface area contributed by atoms with E-state index in [1.165, 1.54) is 18.2 Å². The summed E-state index contributed by atoms with van der Waals surface area (Å²) in [5.41, 5.74) is -1.32. The van der Waals surface area contributed by atoms with Gasteiger partial charge in [0.2, 0.25) is 0 Å². The van der Waals surface area contributed by atoms with Crippen molar-refractivity contribution in [1.82, 2.24) is 5.32 Å². The quantitative estimate of drug-likeness (QED) is 0.648. The Morgan fingerprint density at radius 3 is 2.76 bits per heavy atom. The molecule has 0 radical (unpaired) electrons. The number of nitrogens with zero attached hydrogens (tertiary/aromatic N) is 1. The molecule has 7 nitrogen and oxygen atoms in total. The normalized spacial score (nSPS) is 17.2. The molecule has 0 atom stereocenters. The van der Waals surface area contributed by atoms with Crippen molar-refractivity contribution in [2.75, 3.05) is 19.8 Å². The zero-order valence-corrected chi connectivity index (χ0v) is 11.9. The molecule has 1 aliphatic rings. The van der Waals surface area contributed by atoms with Crippen molar-refractivity contribution < 1.29 is 19.6 Å². The van der Waals surface area contributed by atoms with Gasteiger partial charge in [0, 0.05) is 38.7 Å². The number of hydrogen-bond acceptors (Lipinski definition) is 5. The van der Waals surface area contributed by atoms with Crippen LogP contribution in [-0.4, -0.2) is 41.3 Å². The minimum atomic E-state index is -1.01. The first-order valence-corrected chi connectivity index (χ1v) is 6.82. The number of hydrogen-bond donors (Lipinski definition) is 2. The SMILES string of the molecule is O=C(NCC1(O)CCOCC1)c1cccc([N+](=O)[O-])c1Cl. The summed E-state index contributed by atoms with van der Waals surface area (Å²) in [6, 6.07) is 4.02. The lowest BCUT2D eigenvalue weighted by molar-refractivity contribution is -0.384. The molecule has 0 saturated carbocycles. The van der Waals surface area contributed by atoms with Crippen LogP contribution in [0.2, 0.25) is 5.02 Å². The minimum Gasteiger partial charge on any atom is -0.388 e. The summed E-state index contributed by atoms with van der Waals surface area (Å²) in [6.07, 6.45) is 0.853. The molecular weight excluding hydrogens is 300 g/mol. The summed E-state index contributed by atoms with van der Waals surface area (Å²) in [6.45, 7) is 0.919. The first-order chi connectivity index (χ1) is 9.93. The minimum absolute atomic E-state index is 0.0153. The number of rotatable bonds is 4. The van der Waals surface area contributed by atoms with Crippen LogP contribution in [0.15, 0.2) is 18.2 Å². The summed E-state index contributed by atoms with van der Waals surface area (Å²) in [7, 11) is 0. The van der Waals surface area contributed by atoms with E-state index in [-0.39, 0.29) is 22.8 Å². The van der Waals surface area contributed by atoms with Crippen LogP contribution in [0, 0.1) is 10.1 Å². The first-order valence-electron chi connectivity index (χ1n) is 6.44. The van der Waals surface area contributed by atoms with Crippen LogP contribution in [-0.2, 0) is 4.74 Å². The van der Waals surface area contributed by atoms with E-state index >= 15 is 0 Å². The molecule has 21 heavy (non-hydrogen) atoms. The number of halogens is 1. The second-order valence-corrected chi connectivity index (χ2v) is 5.29. The average Bonchev–Trinajstić information content (AvgIpc) is 2.45. The maximum Gasteiger partial charge on any atom is 0.288 e. The van der Waals surface area contributed by atoms with E-state index in [4.69, 9.17) is 16.3 Å². The molecule has 1 saturated heterocycles. The van der Waals surface area contributed by atoms with Gasteiger partial charge in [-0.2, -0.15) is 0 Å². The monoisotopic (exact) mass is 314 g/mol. The second-order valence-electron chi connectivity index (χ2n) is 4.92. The average molecular weight is 315 g/mol. The lowest BCUT2D eigenvalue weighted by Crippen LogP contribution is -2.46. The van der Waals surface area contributed by atoms with Crippen LogP contribution in [0.3, 0.4) is 0 Å². The van der Waals surface area contributed by atoms with Crippen molar-refractivity contribution in [1.29, 1.82) is 0 Å². The number of nitro groups is 1. The number of amides is 1. The summed E-state index contributed by atoms with van der Waals surface area (Å²) in [4.78, 5) is 22.2. The maximum absolute atomic E-state index is 12.1. The Hall–Kier alpha value is -1.70. The van der Waals surface area contributed by atoms with Gasteiger partial charge in [0.1, 0.15) is 5.02 Å². The van der Waals surface area contributed by atoms with Gasteiger partial charge in [-0.1, -0.05) is 17.7 Å². The van der Waals surface area contributed by atoms with Gasteiger partial charge in [0.15, 0.2) is 0 Å². The zero-order chi connectivity index (χ0) is 15.5. The molecule has 1 aromatic rings. The summed E-state index contributed by atoms with van der Waals surface area (Å²) in [5.74, 6) is -0.552. The van der Waals surface area contributed by atoms with Gasteiger partial charge in [-0.05, 0) is 6.07 Å². The van der Waals surface area contributed by atoms with Gasteiger partial charge in [-0.15, -0.1) is 0 Å². The Morgan fingerprint density at radius 1 is 1.48 bits per heavy atom. The molecule has 0 unspecified atom stereocenters. The third kappa shape index (κ3) is 3.69. The zero-order valence-electron chi connectivity index (χ0n) is 11.2. The molecular formula is C13H15ClN2O5. The Kier molecular flexibility index (Phi) is 4.76. The van der Waals surface area contributed by atoms with E-state index in [1.807, 2.05) is 0 Å². The molecule has 8 heteroatoms. The van der Waals surface area contributed by atoms with Crippen molar-refractivity contribution in [3.8, 4) is 0 Å². The Balaban J connectivity index is 2.07. The van der Waals surface area contributed by atoms with Crippen molar-refractivity contribution in [2.24, 2.45) is 0 Å². The fourth-order valence-electron chi connectivity index (χ4n) is 2.10. The molecule has 1 aromatic carbocycles. The van der Waals surface area contributed by atoms with Gasteiger partial charge in [0.25, 0.3) is 11.6 Å². The number of carbonyl (C=O) groups is 1. The van der Waals surface area contributed by atoms with Crippen LogP contribution < -0.4 is 5.32 Å². The molecule has 1 heterocycles. The van der Waals surface area contributed by atoms with Crippen LogP contribution in [0.5, 0.6) is 0 Å². The number of ether oxygens (including phenoxy) is 1. The largest absolute Gasteiger partial charge is 0.388 e. The first kappa shape index (κ1) is 15.7. The highest BCUT2D eigenvalue weighted by atomic mass is 35.5. The van der Waals surface area contributed by atoms with Crippen LogP contribution in [0.4, 0.5) is 5.69 Å². The standard InChI is InChI=1S/C13H15ClN2O5/c14-11-9(2-1-3-10(11)16(19)20)12(17)15-8-13(18)4-6-21-7-5-13/h1-3,18H,4-8H2,(H,15,17). The molecule has 1 amide bonds. The predicted octanol–water partition coefficient (Wildman–Crippen LogP) is 1.52. The third-order valence-corrected chi connectivity index (χ3v) is 3.82. The molecule has 0 spiro atoms. The van der Waals surface area contributed by atoms with Crippen LogP contribution in [0.25, 0.3) is 0 Å². The molecule has 1 aliphatic heterocycles. The van der Waals surface area contributed by atoms with E-state index in [9.17, 15) is 20.0 Å². The van der Waals surface area contributed by atoms with E-state index < -0.39 is 16.4 Å². The number of carbonyl (C=O) groups excluding carboxylic acids is 1. The summed E-state index contributed by atoms with van der Waals surface area (Å²) in [5, 5.41) is 23.4. The number of nitrogens with one attached hydrogen (secondary N) is 1. The molecule has 114 valence electrons.